The van der Waals surface area contributed by atoms with Gasteiger partial charge in [-0.3, -0.25) is 29.4 Å². The van der Waals surface area contributed by atoms with Gasteiger partial charge in [-0.15, -0.1) is 0 Å². The number of nitrogen functional groups attached to an aromatic ring is 1. The summed E-state index contributed by atoms with van der Waals surface area (Å²) in [5, 5.41) is 11.4. The molecular formula is C42H42FN9O5. The van der Waals surface area contributed by atoms with Gasteiger partial charge in [-0.1, -0.05) is 18.2 Å². The summed E-state index contributed by atoms with van der Waals surface area (Å²) in [6, 6.07) is 20.9. The standard InChI is InChI=1S/C42H42FN9O5/c43-32-19-24(8-15-33(32)52-39-36(38(44)46-23-47-39)37(49-52)25-9-12-29(13-10-25)57-28-6-2-1-3-7-28)21-45-26-5-4-18-50(22-26)27-11-14-30-31(20-27)42(56)51(41(30)55)34-16-17-35(53)48-40(34)54/h1-3,6-7,9-14,20,23-24,26,32-34,45H,4-5,8,15-19,21-22H2,(H2,44,46,47)(H,48,53,54)/t24?,26-,32?,33?,34?/m1/s1. The van der Waals surface area contributed by atoms with Crippen LogP contribution >= 0.6 is 0 Å². The molecule has 15 heteroatoms. The number of hydrogen-bond acceptors (Lipinski definition) is 11. The highest BCUT2D eigenvalue weighted by Crippen LogP contribution is 2.40. The van der Waals surface area contributed by atoms with Gasteiger partial charge in [0.1, 0.15) is 41.6 Å². The number of carbonyl (C=O) groups is 4. The molecule has 14 nitrogen and oxygen atoms in total. The zero-order chi connectivity index (χ0) is 39.2. The smallest absolute Gasteiger partial charge is 0.262 e. The van der Waals surface area contributed by atoms with Crippen molar-refractivity contribution in [2.75, 3.05) is 30.3 Å². The number of nitrogens with two attached hydrogens (primary N) is 1. The van der Waals surface area contributed by atoms with Crippen molar-refractivity contribution in [3.8, 4) is 22.8 Å². The summed E-state index contributed by atoms with van der Waals surface area (Å²) >= 11 is 0. The van der Waals surface area contributed by atoms with E-state index >= 15 is 4.39 Å². The highest BCUT2D eigenvalue weighted by molar-refractivity contribution is 6.23. The Balaban J connectivity index is 0.833. The Morgan fingerprint density at radius 3 is 2.47 bits per heavy atom. The molecular weight excluding hydrogens is 730 g/mol. The van der Waals surface area contributed by atoms with E-state index in [0.29, 0.717) is 48.4 Å². The molecule has 292 valence electrons. The van der Waals surface area contributed by atoms with Crippen LogP contribution in [0, 0.1) is 5.92 Å². The van der Waals surface area contributed by atoms with Gasteiger partial charge >= 0.3 is 0 Å². The van der Waals surface area contributed by atoms with Crippen LogP contribution in [0.15, 0.2) is 79.1 Å². The summed E-state index contributed by atoms with van der Waals surface area (Å²) in [5.74, 6) is -0.257. The van der Waals surface area contributed by atoms with Gasteiger partial charge in [0.25, 0.3) is 11.8 Å². The lowest BCUT2D eigenvalue weighted by atomic mass is 9.84. The predicted octanol–water partition coefficient (Wildman–Crippen LogP) is 5.21. The molecule has 0 spiro atoms. The number of alkyl halides is 1. The van der Waals surface area contributed by atoms with Crippen molar-refractivity contribution in [3.05, 3.63) is 90.3 Å². The number of piperidine rings is 2. The van der Waals surface area contributed by atoms with Crippen molar-refractivity contribution in [2.24, 2.45) is 5.92 Å². The maximum atomic E-state index is 16.2. The predicted molar refractivity (Wildman–Crippen MR) is 209 cm³/mol. The van der Waals surface area contributed by atoms with Crippen molar-refractivity contribution < 1.29 is 28.3 Å². The van der Waals surface area contributed by atoms with Crippen molar-refractivity contribution in [1.82, 2.24) is 35.3 Å². The Labute approximate surface area is 327 Å². The summed E-state index contributed by atoms with van der Waals surface area (Å²) in [6.07, 6.45) is 4.08. The first-order valence-corrected chi connectivity index (χ1v) is 19.5. The molecule has 5 aromatic rings. The van der Waals surface area contributed by atoms with Gasteiger partial charge in [0, 0.05) is 36.8 Å². The van der Waals surface area contributed by atoms with Gasteiger partial charge in [-0.25, -0.2) is 19.0 Å². The Hall–Kier alpha value is -6.22. The van der Waals surface area contributed by atoms with E-state index in [4.69, 9.17) is 15.6 Å². The third kappa shape index (κ3) is 6.96. The molecule has 2 saturated heterocycles. The van der Waals surface area contributed by atoms with Crippen molar-refractivity contribution in [2.45, 2.75) is 69.2 Å². The minimum atomic E-state index is -1.14. The van der Waals surface area contributed by atoms with Gasteiger partial charge in [-0.2, -0.15) is 5.10 Å². The van der Waals surface area contributed by atoms with E-state index in [2.05, 4.69) is 25.5 Å². The molecule has 0 bridgehead atoms. The van der Waals surface area contributed by atoms with Crippen LogP contribution in [0.25, 0.3) is 22.3 Å². The lowest BCUT2D eigenvalue weighted by Gasteiger charge is -2.37. The van der Waals surface area contributed by atoms with Crippen LogP contribution in [-0.4, -0.2) is 86.2 Å². The molecule has 3 aromatic carbocycles. The number of nitrogens with one attached hydrogen (secondary N) is 2. The maximum Gasteiger partial charge on any atom is 0.262 e. The summed E-state index contributed by atoms with van der Waals surface area (Å²) < 4.78 is 23.9. The van der Waals surface area contributed by atoms with E-state index in [0.717, 1.165) is 47.7 Å². The van der Waals surface area contributed by atoms with Crippen molar-refractivity contribution in [3.63, 3.8) is 0 Å². The molecule has 5 heterocycles. The Kier molecular flexibility index (Phi) is 9.60. The van der Waals surface area contributed by atoms with E-state index in [-0.39, 0.29) is 41.7 Å². The molecule has 3 fully saturated rings. The monoisotopic (exact) mass is 771 g/mol. The molecule has 5 atom stereocenters. The van der Waals surface area contributed by atoms with Gasteiger partial charge in [0.05, 0.1) is 22.6 Å². The molecule has 2 aromatic heterocycles. The number of para-hydroxylation sites is 1. The van der Waals surface area contributed by atoms with Crippen LogP contribution in [-0.2, 0) is 9.59 Å². The number of aromatic nitrogens is 4. The number of amides is 4. The van der Waals surface area contributed by atoms with E-state index < -0.39 is 41.9 Å². The number of halogens is 1. The van der Waals surface area contributed by atoms with Gasteiger partial charge in [0.15, 0.2) is 5.65 Å². The van der Waals surface area contributed by atoms with Crippen LogP contribution < -0.4 is 26.0 Å². The van der Waals surface area contributed by atoms with Gasteiger partial charge in [0.2, 0.25) is 11.8 Å². The third-order valence-electron chi connectivity index (χ3n) is 11.7. The fraction of sp³-hybridized carbons (Fsp3) is 0.357. The molecule has 4 N–H and O–H groups in total. The first kappa shape index (κ1) is 36.4. The molecule has 1 saturated carbocycles. The fourth-order valence-electron chi connectivity index (χ4n) is 8.74. The second-order valence-electron chi connectivity index (χ2n) is 15.3. The van der Waals surface area contributed by atoms with Gasteiger partial charge in [-0.05, 0) is 106 Å². The number of carbonyl (C=O) groups excluding carboxylic acids is 4. The quantitative estimate of drug-likeness (QED) is 0.168. The van der Waals surface area contributed by atoms with Crippen molar-refractivity contribution >= 4 is 46.2 Å². The number of ether oxygens (including phenoxy) is 1. The average Bonchev–Trinajstić information content (AvgIpc) is 3.73. The number of nitrogens with zero attached hydrogens (tertiary/aromatic N) is 6. The molecule has 9 rings (SSSR count). The Morgan fingerprint density at radius 2 is 1.68 bits per heavy atom. The lowest BCUT2D eigenvalue weighted by Crippen LogP contribution is -2.54. The molecule has 4 unspecified atom stereocenters. The molecule has 4 amide bonds. The summed E-state index contributed by atoms with van der Waals surface area (Å²) in [6.45, 7) is 2.14. The number of anilines is 2. The molecule has 1 aliphatic carbocycles. The molecule has 3 aliphatic heterocycles. The van der Waals surface area contributed by atoms with Gasteiger partial charge < -0.3 is 20.7 Å². The number of hydrogen-bond donors (Lipinski definition) is 3. The SMILES string of the molecule is Nc1ncnc2c1c(-c1ccc(Oc3ccccc3)cc1)nn2C1CCC(CN[C@@H]2CCCN(c3ccc4c(c3)C(=O)N(C3CCC(=O)NC3=O)C4=O)C2)CC1F. The highest BCUT2D eigenvalue weighted by Gasteiger charge is 2.45. The third-order valence-corrected chi connectivity index (χ3v) is 11.7. The van der Waals surface area contributed by atoms with E-state index in [9.17, 15) is 19.2 Å². The van der Waals surface area contributed by atoms with Crippen LogP contribution in [0.4, 0.5) is 15.9 Å². The fourth-order valence-corrected chi connectivity index (χ4v) is 8.74. The first-order chi connectivity index (χ1) is 27.7. The van der Waals surface area contributed by atoms with E-state index in [1.54, 1.807) is 16.8 Å². The molecule has 57 heavy (non-hydrogen) atoms. The number of rotatable bonds is 9. The average molecular weight is 772 g/mol. The topological polar surface area (TPSA) is 178 Å². The normalized spacial score (nSPS) is 23.8. The minimum Gasteiger partial charge on any atom is -0.457 e. The van der Waals surface area contributed by atoms with Crippen molar-refractivity contribution in [1.29, 1.82) is 0 Å². The van der Waals surface area contributed by atoms with E-state index in [1.807, 2.05) is 60.7 Å². The van der Waals surface area contributed by atoms with Crippen LogP contribution in [0.3, 0.4) is 0 Å². The number of fused-ring (bicyclic) bond motifs is 2. The van der Waals surface area contributed by atoms with Crippen LogP contribution in [0.2, 0.25) is 0 Å². The Morgan fingerprint density at radius 1 is 0.895 bits per heavy atom. The maximum absolute atomic E-state index is 16.2. The summed E-state index contributed by atoms with van der Waals surface area (Å²) in [5.41, 5.74) is 9.62. The highest BCUT2D eigenvalue weighted by atomic mass is 19.1. The summed E-state index contributed by atoms with van der Waals surface area (Å²) in [7, 11) is 0. The largest absolute Gasteiger partial charge is 0.457 e. The second kappa shape index (κ2) is 15.0. The van der Waals surface area contributed by atoms with Crippen LogP contribution in [0.1, 0.15) is 71.7 Å². The first-order valence-electron chi connectivity index (χ1n) is 19.5. The van der Waals surface area contributed by atoms with Crippen LogP contribution in [0.5, 0.6) is 11.5 Å². The number of imide groups is 2. The molecule has 4 aliphatic rings. The minimum absolute atomic E-state index is 0.0700. The Bertz CT molecular complexity index is 2370. The zero-order valence-electron chi connectivity index (χ0n) is 31.1. The molecule has 0 radical (unpaired) electrons. The number of benzene rings is 3. The zero-order valence-corrected chi connectivity index (χ0v) is 31.1. The second-order valence-corrected chi connectivity index (χ2v) is 15.3. The van der Waals surface area contributed by atoms with E-state index in [1.165, 1.54) is 6.33 Å². The lowest BCUT2D eigenvalue weighted by molar-refractivity contribution is -0.136. The summed E-state index contributed by atoms with van der Waals surface area (Å²) in [4.78, 5) is 62.7.